The van der Waals surface area contributed by atoms with E-state index in [1.54, 1.807) is 32.9 Å². The third-order valence-electron chi connectivity index (χ3n) is 4.00. The molecular formula is C22H28N2O5. The number of phenolic OH excluding ortho intramolecular Hbond substituents is 1. The molecule has 0 bridgehead atoms. The molecule has 0 fully saturated rings. The number of benzene rings is 2. The largest absolute Gasteiger partial charge is 0.508 e. The van der Waals surface area contributed by atoms with Gasteiger partial charge in [0.15, 0.2) is 0 Å². The second-order valence-electron chi connectivity index (χ2n) is 7.64. The number of aromatic hydroxyl groups is 1. The van der Waals surface area contributed by atoms with E-state index in [0.29, 0.717) is 0 Å². The third-order valence-corrected chi connectivity index (χ3v) is 4.00. The Kier molecular flexibility index (Phi) is 7.61. The lowest BCUT2D eigenvalue weighted by molar-refractivity contribution is -0.151. The summed E-state index contributed by atoms with van der Waals surface area (Å²) < 4.78 is 10.9. The van der Waals surface area contributed by atoms with Crippen molar-refractivity contribution in [2.75, 3.05) is 6.54 Å². The summed E-state index contributed by atoms with van der Waals surface area (Å²) in [4.78, 5) is 25.1. The van der Waals surface area contributed by atoms with Gasteiger partial charge in [0, 0.05) is 13.0 Å². The number of rotatable bonds is 7. The molecule has 0 aliphatic carbocycles. The highest BCUT2D eigenvalue weighted by atomic mass is 16.6. The number of ether oxygens (including phenoxy) is 2. The van der Waals surface area contributed by atoms with Crippen molar-refractivity contribution >= 4 is 12.1 Å². The minimum Gasteiger partial charge on any atom is -0.508 e. The first-order valence-electron chi connectivity index (χ1n) is 9.41. The first kappa shape index (κ1) is 22.2. The van der Waals surface area contributed by atoms with Crippen molar-refractivity contribution in [2.24, 2.45) is 5.73 Å². The van der Waals surface area contributed by atoms with Crippen LogP contribution in [0.1, 0.15) is 38.0 Å². The number of esters is 1. The van der Waals surface area contributed by atoms with Gasteiger partial charge in [-0.3, -0.25) is 0 Å². The van der Waals surface area contributed by atoms with Crippen LogP contribution in [0.2, 0.25) is 0 Å². The van der Waals surface area contributed by atoms with Gasteiger partial charge in [-0.05, 0) is 44.0 Å². The third kappa shape index (κ3) is 7.46. The van der Waals surface area contributed by atoms with E-state index in [-0.39, 0.29) is 18.7 Å². The Balaban J connectivity index is 2.16. The molecular weight excluding hydrogens is 372 g/mol. The van der Waals surface area contributed by atoms with Gasteiger partial charge in [0.05, 0.1) is 0 Å². The van der Waals surface area contributed by atoms with Gasteiger partial charge in [0.2, 0.25) is 0 Å². The smallest absolute Gasteiger partial charge is 0.408 e. The van der Waals surface area contributed by atoms with E-state index in [1.165, 1.54) is 12.1 Å². The van der Waals surface area contributed by atoms with E-state index < -0.39 is 29.8 Å². The molecule has 2 aromatic carbocycles. The van der Waals surface area contributed by atoms with Gasteiger partial charge in [-0.15, -0.1) is 0 Å². The molecule has 156 valence electrons. The van der Waals surface area contributed by atoms with Crippen LogP contribution in [0.15, 0.2) is 54.6 Å². The van der Waals surface area contributed by atoms with Crippen molar-refractivity contribution in [3.05, 3.63) is 65.7 Å². The van der Waals surface area contributed by atoms with Crippen LogP contribution in [0.5, 0.6) is 5.75 Å². The Labute approximate surface area is 170 Å². The van der Waals surface area contributed by atoms with Crippen LogP contribution in [0.3, 0.4) is 0 Å². The fourth-order valence-electron chi connectivity index (χ4n) is 2.65. The minimum atomic E-state index is -0.979. The van der Waals surface area contributed by atoms with Crippen molar-refractivity contribution in [1.29, 1.82) is 0 Å². The van der Waals surface area contributed by atoms with E-state index in [1.807, 2.05) is 30.3 Å². The van der Waals surface area contributed by atoms with Crippen LogP contribution < -0.4 is 11.1 Å². The van der Waals surface area contributed by atoms with Crippen molar-refractivity contribution in [2.45, 2.75) is 44.9 Å². The molecule has 0 radical (unpaired) electrons. The molecule has 29 heavy (non-hydrogen) atoms. The number of carbonyl (C=O) groups is 2. The molecule has 0 heterocycles. The van der Waals surface area contributed by atoms with Gasteiger partial charge in [-0.2, -0.15) is 0 Å². The summed E-state index contributed by atoms with van der Waals surface area (Å²) in [7, 11) is 0. The van der Waals surface area contributed by atoms with Crippen molar-refractivity contribution < 1.29 is 24.2 Å². The molecule has 0 aliphatic heterocycles. The van der Waals surface area contributed by atoms with Gasteiger partial charge >= 0.3 is 12.1 Å². The molecule has 0 aromatic heterocycles. The lowest BCUT2D eigenvalue weighted by Gasteiger charge is -2.24. The van der Waals surface area contributed by atoms with Gasteiger partial charge in [-0.25, -0.2) is 9.59 Å². The summed E-state index contributed by atoms with van der Waals surface area (Å²) in [5, 5.41) is 12.0. The normalized spacial score (nSPS) is 13.2. The zero-order chi connectivity index (χ0) is 21.4. The number of carbonyl (C=O) groups excluding carboxylic acids is 2. The van der Waals surface area contributed by atoms with E-state index in [0.717, 1.165) is 11.1 Å². The molecule has 2 rings (SSSR count). The number of hydrogen-bond donors (Lipinski definition) is 3. The van der Waals surface area contributed by atoms with Gasteiger partial charge in [0.1, 0.15) is 23.5 Å². The molecule has 0 spiro atoms. The Morgan fingerprint density at radius 1 is 1.07 bits per heavy atom. The standard InChI is InChI=1S/C22H28N2O5/c1-22(2,3)29-21(27)24-18(13-15-9-11-17(25)12-10-15)20(26)28-19(14-23)16-7-5-4-6-8-16/h4-12,18-19,25H,13-14,23H2,1-3H3,(H,24,27)/t18-,19-/m0/s1. The zero-order valence-electron chi connectivity index (χ0n) is 16.9. The maximum Gasteiger partial charge on any atom is 0.408 e. The van der Waals surface area contributed by atoms with Crippen LogP contribution in [0.4, 0.5) is 4.79 Å². The molecule has 0 aliphatic rings. The summed E-state index contributed by atoms with van der Waals surface area (Å²) in [5.74, 6) is -0.511. The van der Waals surface area contributed by atoms with E-state index >= 15 is 0 Å². The van der Waals surface area contributed by atoms with Crippen molar-refractivity contribution in [3.8, 4) is 5.75 Å². The monoisotopic (exact) mass is 400 g/mol. The number of amides is 1. The highest BCUT2D eigenvalue weighted by Gasteiger charge is 2.28. The zero-order valence-corrected chi connectivity index (χ0v) is 16.9. The molecule has 0 saturated heterocycles. The minimum absolute atomic E-state index is 0.105. The van der Waals surface area contributed by atoms with E-state index in [9.17, 15) is 14.7 Å². The molecule has 2 aromatic rings. The number of nitrogens with two attached hydrogens (primary N) is 1. The summed E-state index contributed by atoms with van der Waals surface area (Å²) in [6, 6.07) is 14.5. The van der Waals surface area contributed by atoms with Crippen LogP contribution >= 0.6 is 0 Å². The summed E-state index contributed by atoms with van der Waals surface area (Å²) in [5.41, 5.74) is 6.59. The quantitative estimate of drug-likeness (QED) is 0.616. The van der Waals surface area contributed by atoms with Crippen molar-refractivity contribution in [3.63, 3.8) is 0 Å². The van der Waals surface area contributed by atoms with Gasteiger partial charge in [-0.1, -0.05) is 42.5 Å². The van der Waals surface area contributed by atoms with Crippen LogP contribution in [0.25, 0.3) is 0 Å². The fraction of sp³-hybridized carbons (Fsp3) is 0.364. The molecule has 0 saturated carbocycles. The fourth-order valence-corrected chi connectivity index (χ4v) is 2.65. The van der Waals surface area contributed by atoms with Crippen LogP contribution in [0, 0.1) is 0 Å². The Morgan fingerprint density at radius 2 is 1.69 bits per heavy atom. The average molecular weight is 400 g/mol. The Hall–Kier alpha value is -3.06. The number of nitrogens with one attached hydrogen (secondary N) is 1. The lowest BCUT2D eigenvalue weighted by Crippen LogP contribution is -2.46. The van der Waals surface area contributed by atoms with Gasteiger partial charge in [0.25, 0.3) is 0 Å². The predicted octanol–water partition coefficient (Wildman–Crippen LogP) is 3.07. The molecule has 0 unspecified atom stereocenters. The molecule has 7 nitrogen and oxygen atoms in total. The van der Waals surface area contributed by atoms with Gasteiger partial charge < -0.3 is 25.6 Å². The van der Waals surface area contributed by atoms with E-state index in [4.69, 9.17) is 15.2 Å². The first-order chi connectivity index (χ1) is 13.7. The lowest BCUT2D eigenvalue weighted by atomic mass is 10.1. The second kappa shape index (κ2) is 9.93. The topological polar surface area (TPSA) is 111 Å². The number of alkyl carbamates (subject to hydrolysis) is 1. The average Bonchev–Trinajstić information content (AvgIpc) is 2.66. The molecule has 1 amide bonds. The van der Waals surface area contributed by atoms with Crippen LogP contribution in [-0.4, -0.2) is 35.4 Å². The first-order valence-corrected chi connectivity index (χ1v) is 9.41. The summed E-state index contributed by atoms with van der Waals surface area (Å²) in [6.07, 6.45) is -1.18. The molecule has 7 heteroatoms. The molecule has 4 N–H and O–H groups in total. The van der Waals surface area contributed by atoms with Crippen molar-refractivity contribution in [1.82, 2.24) is 5.32 Å². The predicted molar refractivity (Wildman–Crippen MR) is 109 cm³/mol. The SMILES string of the molecule is CC(C)(C)OC(=O)N[C@@H](Cc1ccc(O)cc1)C(=O)O[C@@H](CN)c1ccccc1. The highest BCUT2D eigenvalue weighted by Crippen LogP contribution is 2.18. The van der Waals surface area contributed by atoms with E-state index in [2.05, 4.69) is 5.32 Å². The molecule has 2 atom stereocenters. The van der Waals surface area contributed by atoms with Crippen LogP contribution in [-0.2, 0) is 20.7 Å². The summed E-state index contributed by atoms with van der Waals surface area (Å²) in [6.45, 7) is 5.31. The number of hydrogen-bond acceptors (Lipinski definition) is 6. The summed E-state index contributed by atoms with van der Waals surface area (Å²) >= 11 is 0. The Bertz CT molecular complexity index is 800. The highest BCUT2D eigenvalue weighted by molar-refractivity contribution is 5.82. The maximum absolute atomic E-state index is 12.9. The second-order valence-corrected chi connectivity index (χ2v) is 7.64. The number of phenols is 1. The Morgan fingerprint density at radius 3 is 2.24 bits per heavy atom. The maximum atomic E-state index is 12.9.